The summed E-state index contributed by atoms with van der Waals surface area (Å²) in [5.74, 6) is -0.175. The van der Waals surface area contributed by atoms with E-state index in [1.165, 1.54) is 5.56 Å². The molecule has 2 aromatic rings. The van der Waals surface area contributed by atoms with E-state index < -0.39 is 0 Å². The highest BCUT2D eigenvalue weighted by molar-refractivity contribution is 9.10. The standard InChI is InChI=1S/C18H17BrClNO2/c19-16-8-7-13(20)9-15(16)18(23)21-17-12(10-22)6-5-11-3-1-2-4-14(11)17/h1-4,7-9,12,17,22H,5-6,10H2,(H,21,23)/t12-,17-/m1/s1. The van der Waals surface area contributed by atoms with Gasteiger partial charge in [0, 0.05) is 22.0 Å². The molecule has 0 fully saturated rings. The number of hydrogen-bond donors (Lipinski definition) is 2. The summed E-state index contributed by atoms with van der Waals surface area (Å²) in [4.78, 5) is 12.7. The van der Waals surface area contributed by atoms with Gasteiger partial charge in [0.2, 0.25) is 0 Å². The summed E-state index contributed by atoms with van der Waals surface area (Å²) in [7, 11) is 0. The lowest BCUT2D eigenvalue weighted by molar-refractivity contribution is 0.0892. The maximum absolute atomic E-state index is 12.7. The Morgan fingerprint density at radius 3 is 2.87 bits per heavy atom. The number of hydrogen-bond acceptors (Lipinski definition) is 2. The van der Waals surface area contributed by atoms with Crippen LogP contribution in [0, 0.1) is 5.92 Å². The highest BCUT2D eigenvalue weighted by Gasteiger charge is 2.30. The predicted molar refractivity (Wildman–Crippen MR) is 94.7 cm³/mol. The van der Waals surface area contributed by atoms with Gasteiger partial charge in [0.1, 0.15) is 0 Å². The van der Waals surface area contributed by atoms with Gasteiger partial charge in [0.05, 0.1) is 11.6 Å². The first-order chi connectivity index (χ1) is 11.1. The van der Waals surface area contributed by atoms with E-state index >= 15 is 0 Å². The van der Waals surface area contributed by atoms with E-state index in [4.69, 9.17) is 11.6 Å². The Labute approximate surface area is 148 Å². The van der Waals surface area contributed by atoms with Gasteiger partial charge in [-0.15, -0.1) is 0 Å². The average Bonchev–Trinajstić information content (AvgIpc) is 2.57. The van der Waals surface area contributed by atoms with Crippen LogP contribution in [-0.4, -0.2) is 17.6 Å². The zero-order chi connectivity index (χ0) is 16.4. The van der Waals surface area contributed by atoms with Crippen molar-refractivity contribution in [2.24, 2.45) is 5.92 Å². The topological polar surface area (TPSA) is 49.3 Å². The van der Waals surface area contributed by atoms with Gasteiger partial charge in [-0.25, -0.2) is 0 Å². The Hall–Kier alpha value is -1.36. The molecule has 2 atom stereocenters. The minimum absolute atomic E-state index is 0.0202. The van der Waals surface area contributed by atoms with E-state index in [-0.39, 0.29) is 24.5 Å². The molecule has 120 valence electrons. The lowest BCUT2D eigenvalue weighted by Crippen LogP contribution is -2.38. The van der Waals surface area contributed by atoms with Crippen LogP contribution in [0.3, 0.4) is 0 Å². The third-order valence-corrected chi connectivity index (χ3v) is 5.27. The first-order valence-corrected chi connectivity index (χ1v) is 8.72. The molecule has 3 nitrogen and oxygen atoms in total. The van der Waals surface area contributed by atoms with E-state index in [1.807, 2.05) is 18.2 Å². The highest BCUT2D eigenvalue weighted by Crippen LogP contribution is 2.34. The molecule has 0 radical (unpaired) electrons. The number of aryl methyl sites for hydroxylation is 1. The third kappa shape index (κ3) is 3.44. The van der Waals surface area contributed by atoms with Crippen LogP contribution in [0.15, 0.2) is 46.9 Å². The Bertz CT molecular complexity index is 735. The Morgan fingerprint density at radius 1 is 1.30 bits per heavy atom. The predicted octanol–water partition coefficient (Wildman–Crippen LogP) is 4.13. The molecule has 2 N–H and O–H groups in total. The molecule has 2 aromatic carbocycles. The van der Waals surface area contributed by atoms with Crippen LogP contribution < -0.4 is 5.32 Å². The van der Waals surface area contributed by atoms with Gasteiger partial charge in [-0.3, -0.25) is 4.79 Å². The van der Waals surface area contributed by atoms with Crippen molar-refractivity contribution in [3.8, 4) is 0 Å². The summed E-state index contributed by atoms with van der Waals surface area (Å²) < 4.78 is 0.698. The quantitative estimate of drug-likeness (QED) is 0.822. The summed E-state index contributed by atoms with van der Waals surface area (Å²) in [6, 6.07) is 13.0. The van der Waals surface area contributed by atoms with Gasteiger partial charge < -0.3 is 10.4 Å². The van der Waals surface area contributed by atoms with E-state index in [2.05, 4.69) is 27.3 Å². The highest BCUT2D eigenvalue weighted by atomic mass is 79.9. The molecule has 0 aromatic heterocycles. The fourth-order valence-electron chi connectivity index (χ4n) is 3.11. The molecule has 0 heterocycles. The van der Waals surface area contributed by atoms with Crippen molar-refractivity contribution in [3.05, 3.63) is 68.7 Å². The van der Waals surface area contributed by atoms with Crippen LogP contribution in [0.1, 0.15) is 33.9 Å². The lowest BCUT2D eigenvalue weighted by Gasteiger charge is -2.33. The number of aliphatic hydroxyl groups excluding tert-OH is 1. The second kappa shape index (κ2) is 7.04. The van der Waals surface area contributed by atoms with Crippen LogP contribution in [0.4, 0.5) is 0 Å². The molecule has 0 saturated carbocycles. The fourth-order valence-corrected chi connectivity index (χ4v) is 3.71. The van der Waals surface area contributed by atoms with Crippen molar-refractivity contribution in [1.29, 1.82) is 0 Å². The Morgan fingerprint density at radius 2 is 2.09 bits per heavy atom. The van der Waals surface area contributed by atoms with Crippen LogP contribution in [0.25, 0.3) is 0 Å². The number of nitrogens with one attached hydrogen (secondary N) is 1. The monoisotopic (exact) mass is 393 g/mol. The molecular weight excluding hydrogens is 378 g/mol. The molecule has 5 heteroatoms. The molecule has 0 bridgehead atoms. The number of aliphatic hydroxyl groups is 1. The zero-order valence-corrected chi connectivity index (χ0v) is 14.8. The fraction of sp³-hybridized carbons (Fsp3) is 0.278. The maximum Gasteiger partial charge on any atom is 0.252 e. The van der Waals surface area contributed by atoms with Crippen LogP contribution >= 0.6 is 27.5 Å². The number of rotatable bonds is 3. The van der Waals surface area contributed by atoms with Gasteiger partial charge >= 0.3 is 0 Å². The number of amides is 1. The Kier molecular flexibility index (Phi) is 5.05. The first kappa shape index (κ1) is 16.5. The number of carbonyl (C=O) groups is 1. The SMILES string of the molecule is O=C(N[C@H]1c2ccccc2CC[C@@H]1CO)c1cc(Cl)ccc1Br. The molecule has 1 aliphatic carbocycles. The molecule has 23 heavy (non-hydrogen) atoms. The third-order valence-electron chi connectivity index (χ3n) is 4.34. The first-order valence-electron chi connectivity index (χ1n) is 7.54. The summed E-state index contributed by atoms with van der Waals surface area (Å²) in [6.07, 6.45) is 1.78. The van der Waals surface area contributed by atoms with Crippen molar-refractivity contribution >= 4 is 33.4 Å². The van der Waals surface area contributed by atoms with Crippen LogP contribution in [0.2, 0.25) is 5.02 Å². The van der Waals surface area contributed by atoms with Gasteiger partial charge in [0.15, 0.2) is 0 Å². The van der Waals surface area contributed by atoms with E-state index in [9.17, 15) is 9.90 Å². The summed E-state index contributed by atoms with van der Waals surface area (Å²) in [5, 5.41) is 13.3. The molecule has 1 amide bonds. The van der Waals surface area contributed by atoms with Crippen molar-refractivity contribution in [3.63, 3.8) is 0 Å². The number of carbonyl (C=O) groups excluding carboxylic acids is 1. The minimum Gasteiger partial charge on any atom is -0.396 e. The van der Waals surface area contributed by atoms with Crippen molar-refractivity contribution in [2.75, 3.05) is 6.61 Å². The Balaban J connectivity index is 1.91. The molecule has 0 unspecified atom stereocenters. The summed E-state index contributed by atoms with van der Waals surface area (Å²) in [5.41, 5.74) is 2.81. The largest absolute Gasteiger partial charge is 0.396 e. The van der Waals surface area contributed by atoms with Crippen molar-refractivity contribution < 1.29 is 9.90 Å². The molecular formula is C18H17BrClNO2. The average molecular weight is 395 g/mol. The van der Waals surface area contributed by atoms with Crippen LogP contribution in [0.5, 0.6) is 0 Å². The summed E-state index contributed by atoms with van der Waals surface area (Å²) >= 11 is 9.39. The maximum atomic E-state index is 12.7. The van der Waals surface area contributed by atoms with E-state index in [1.54, 1.807) is 18.2 Å². The van der Waals surface area contributed by atoms with Gasteiger partial charge in [-0.1, -0.05) is 35.9 Å². The smallest absolute Gasteiger partial charge is 0.252 e. The second-order valence-corrected chi connectivity index (χ2v) is 7.05. The molecule has 3 rings (SSSR count). The molecule has 0 aliphatic heterocycles. The molecule has 0 spiro atoms. The van der Waals surface area contributed by atoms with Crippen LogP contribution in [-0.2, 0) is 6.42 Å². The second-order valence-electron chi connectivity index (χ2n) is 5.76. The van der Waals surface area contributed by atoms with Gasteiger partial charge in [-0.05, 0) is 58.1 Å². The van der Waals surface area contributed by atoms with Crippen molar-refractivity contribution in [2.45, 2.75) is 18.9 Å². The van der Waals surface area contributed by atoms with E-state index in [0.29, 0.717) is 15.1 Å². The molecule has 0 saturated heterocycles. The number of fused-ring (bicyclic) bond motifs is 1. The van der Waals surface area contributed by atoms with Gasteiger partial charge in [-0.2, -0.15) is 0 Å². The minimum atomic E-state index is -0.195. The zero-order valence-electron chi connectivity index (χ0n) is 12.4. The lowest BCUT2D eigenvalue weighted by atomic mass is 9.80. The summed E-state index contributed by atoms with van der Waals surface area (Å²) in [6.45, 7) is 0.0516. The normalized spacial score (nSPS) is 20.0. The number of benzene rings is 2. The van der Waals surface area contributed by atoms with Crippen molar-refractivity contribution in [1.82, 2.24) is 5.32 Å². The number of halogens is 2. The van der Waals surface area contributed by atoms with E-state index in [0.717, 1.165) is 18.4 Å². The van der Waals surface area contributed by atoms with Gasteiger partial charge in [0.25, 0.3) is 5.91 Å². The molecule has 1 aliphatic rings.